The van der Waals surface area contributed by atoms with Crippen LogP contribution in [-0.2, 0) is 23.7 Å². The molecule has 5 fully saturated rings. The van der Waals surface area contributed by atoms with Crippen LogP contribution in [0.2, 0.25) is 0 Å². The minimum absolute atomic E-state index is 0.0617. The third kappa shape index (κ3) is 10.1. The number of aliphatic hydroxyl groups is 2. The number of nitrogens with zero attached hydrogens (tertiary/aromatic N) is 1. The van der Waals surface area contributed by atoms with Crippen LogP contribution in [0.1, 0.15) is 111 Å². The van der Waals surface area contributed by atoms with E-state index < -0.39 is 28.3 Å². The highest BCUT2D eigenvalue weighted by Crippen LogP contribution is 2.47. The lowest BCUT2D eigenvalue weighted by molar-refractivity contribution is -0.384. The van der Waals surface area contributed by atoms with Crippen molar-refractivity contribution in [1.82, 2.24) is 0 Å². The number of rotatable bonds is 11. The summed E-state index contributed by atoms with van der Waals surface area (Å²) < 4.78 is 34.0. The molecule has 10 nitrogen and oxygen atoms in total. The molecule has 0 aliphatic carbocycles. The van der Waals surface area contributed by atoms with E-state index >= 15 is 0 Å². The Kier molecular flexibility index (Phi) is 13.7. The van der Waals surface area contributed by atoms with Crippen LogP contribution in [-0.4, -0.2) is 87.4 Å². The van der Waals surface area contributed by atoms with Crippen molar-refractivity contribution in [3.05, 3.63) is 94.1 Å². The molecule has 0 saturated carbocycles. The molecule has 0 amide bonds. The van der Waals surface area contributed by atoms with E-state index in [2.05, 4.69) is 52.5 Å². The molecular weight excluding hydrogens is 698 g/mol. The van der Waals surface area contributed by atoms with Gasteiger partial charge >= 0.3 is 0 Å². The first kappa shape index (κ1) is 41.7. The number of hydrogen-bond donors (Lipinski definition) is 2. The van der Waals surface area contributed by atoms with Gasteiger partial charge in [0.05, 0.1) is 71.1 Å². The number of benzene rings is 1. The number of nitro benzene ring substituents is 1. The molecule has 5 heterocycles. The van der Waals surface area contributed by atoms with Gasteiger partial charge in [-0.05, 0) is 115 Å². The Hall–Kier alpha value is -2.96. The zero-order valence-electron chi connectivity index (χ0n) is 33.4. The predicted molar refractivity (Wildman–Crippen MR) is 213 cm³/mol. The summed E-state index contributed by atoms with van der Waals surface area (Å²) in [4.78, 5) is 10.5. The average molecular weight is 762 g/mol. The van der Waals surface area contributed by atoms with Crippen molar-refractivity contribution in [3.63, 3.8) is 0 Å². The summed E-state index contributed by atoms with van der Waals surface area (Å²) >= 11 is 0. The molecule has 302 valence electrons. The summed E-state index contributed by atoms with van der Waals surface area (Å²) in [5.41, 5.74) is 1.82. The fraction of sp³-hybridized carbons (Fsp3) is 0.644. The fourth-order valence-electron chi connectivity index (χ4n) is 9.21. The molecule has 0 aromatic heterocycles. The molecule has 55 heavy (non-hydrogen) atoms. The fourth-order valence-corrected chi connectivity index (χ4v) is 9.21. The van der Waals surface area contributed by atoms with Crippen LogP contribution in [0.3, 0.4) is 0 Å². The largest absolute Gasteiger partial charge is 0.390 e. The Morgan fingerprint density at radius 2 is 1.64 bits per heavy atom. The summed E-state index contributed by atoms with van der Waals surface area (Å²) in [6, 6.07) is 6.51. The lowest BCUT2D eigenvalue weighted by Crippen LogP contribution is -2.59. The van der Waals surface area contributed by atoms with Gasteiger partial charge < -0.3 is 33.9 Å². The van der Waals surface area contributed by atoms with Gasteiger partial charge in [-0.25, -0.2) is 0 Å². The molecule has 5 saturated heterocycles. The number of ether oxygens (including phenoxy) is 5. The van der Waals surface area contributed by atoms with Gasteiger partial charge in [0.2, 0.25) is 0 Å². The molecule has 5 aliphatic rings. The van der Waals surface area contributed by atoms with Gasteiger partial charge in [0, 0.05) is 25.0 Å². The second-order valence-corrected chi connectivity index (χ2v) is 17.1. The average Bonchev–Trinajstić information content (AvgIpc) is 3.42. The van der Waals surface area contributed by atoms with Gasteiger partial charge in [-0.1, -0.05) is 61.6 Å². The van der Waals surface area contributed by atoms with Crippen LogP contribution in [0.5, 0.6) is 0 Å². The highest BCUT2D eigenvalue weighted by atomic mass is 16.6. The van der Waals surface area contributed by atoms with Crippen LogP contribution < -0.4 is 0 Å². The van der Waals surface area contributed by atoms with Crippen LogP contribution in [0.4, 0.5) is 5.69 Å². The van der Waals surface area contributed by atoms with E-state index in [9.17, 15) is 20.3 Å². The highest BCUT2D eigenvalue weighted by molar-refractivity contribution is 5.54. The van der Waals surface area contributed by atoms with Crippen molar-refractivity contribution in [2.24, 2.45) is 5.92 Å². The molecule has 1 aromatic carbocycles. The van der Waals surface area contributed by atoms with E-state index in [1.54, 1.807) is 18.2 Å². The van der Waals surface area contributed by atoms with Crippen LogP contribution in [0, 0.1) is 16.0 Å². The molecule has 1 aromatic rings. The van der Waals surface area contributed by atoms with E-state index in [0.29, 0.717) is 31.6 Å². The van der Waals surface area contributed by atoms with Crippen molar-refractivity contribution in [2.75, 3.05) is 0 Å². The van der Waals surface area contributed by atoms with Gasteiger partial charge in [-0.2, -0.15) is 0 Å². The normalized spacial score (nSPS) is 39.9. The Balaban J connectivity index is 1.04. The minimum Gasteiger partial charge on any atom is -0.390 e. The number of allylic oxidation sites excluding steroid dienone is 8. The quantitative estimate of drug-likeness (QED) is 0.130. The highest BCUT2D eigenvalue weighted by Gasteiger charge is 2.56. The third-order valence-electron chi connectivity index (χ3n) is 12.9. The van der Waals surface area contributed by atoms with Gasteiger partial charge in [0.25, 0.3) is 5.69 Å². The number of non-ortho nitro benzene ring substituents is 1. The zero-order valence-corrected chi connectivity index (χ0v) is 33.4. The molecule has 0 spiro atoms. The summed E-state index contributed by atoms with van der Waals surface area (Å²) in [6.07, 6.45) is 19.5. The van der Waals surface area contributed by atoms with Crippen LogP contribution in [0.15, 0.2) is 78.4 Å². The van der Waals surface area contributed by atoms with Crippen molar-refractivity contribution in [2.45, 2.75) is 177 Å². The molecular formula is C45H63NO9. The first-order valence-electron chi connectivity index (χ1n) is 20.5. The lowest BCUT2D eigenvalue weighted by Gasteiger charge is -2.48. The summed E-state index contributed by atoms with van der Waals surface area (Å²) in [6.45, 7) is 14.2. The van der Waals surface area contributed by atoms with Crippen molar-refractivity contribution < 1.29 is 38.8 Å². The Bertz CT molecular complexity index is 1600. The van der Waals surface area contributed by atoms with Crippen molar-refractivity contribution in [1.29, 1.82) is 0 Å². The van der Waals surface area contributed by atoms with Crippen molar-refractivity contribution in [3.8, 4) is 0 Å². The lowest BCUT2D eigenvalue weighted by atomic mass is 9.83. The molecule has 13 unspecified atom stereocenters. The zero-order chi connectivity index (χ0) is 39.3. The van der Waals surface area contributed by atoms with E-state index in [4.69, 9.17) is 23.7 Å². The van der Waals surface area contributed by atoms with E-state index in [-0.39, 0.29) is 54.5 Å². The second kappa shape index (κ2) is 18.1. The van der Waals surface area contributed by atoms with Gasteiger partial charge in [-0.3, -0.25) is 10.1 Å². The number of aliphatic hydroxyl groups excluding tert-OH is 1. The minimum atomic E-state index is -0.934. The summed E-state index contributed by atoms with van der Waals surface area (Å²) in [5, 5.41) is 33.9. The van der Waals surface area contributed by atoms with E-state index in [1.165, 1.54) is 17.7 Å². The molecule has 0 radical (unpaired) electrons. The summed E-state index contributed by atoms with van der Waals surface area (Å²) in [7, 11) is 0. The predicted octanol–water partition coefficient (Wildman–Crippen LogP) is 8.51. The van der Waals surface area contributed by atoms with E-state index in [1.807, 2.05) is 25.2 Å². The summed E-state index contributed by atoms with van der Waals surface area (Å²) in [5.74, 6) is 0.297. The molecule has 6 rings (SSSR count). The molecule has 5 aliphatic heterocycles. The number of hydrogen-bond acceptors (Lipinski definition) is 9. The van der Waals surface area contributed by atoms with Crippen LogP contribution in [0.25, 0.3) is 6.08 Å². The maximum Gasteiger partial charge on any atom is 0.269 e. The second-order valence-electron chi connectivity index (χ2n) is 17.1. The Morgan fingerprint density at radius 1 is 0.909 bits per heavy atom. The van der Waals surface area contributed by atoms with Gasteiger partial charge in [0.15, 0.2) is 0 Å². The Labute approximate surface area is 327 Å². The third-order valence-corrected chi connectivity index (χ3v) is 12.9. The number of fused-ring (bicyclic) bond motifs is 4. The monoisotopic (exact) mass is 761 g/mol. The standard InChI is InChI=1S/C45H63NO9/c1-7-8-9-10-17-41-44(5,48)24-22-36-37(53-41)23-25-45(6)42(54-36)28-40-43(55-45)34(47)27-39-38(52-40)26-31(4)35(51-39)16-12-14-30(3)29(2)13-11-15-32-18-20-33(21-19-32)46(49)50/h7-9,11,13-15,18-21,31,34-43,47-48H,1,10,12,16-17,22-28H2,2-6H3/b9-8-,15-11-,29-13+,30-14+. The molecule has 13 atom stereocenters. The van der Waals surface area contributed by atoms with Crippen molar-refractivity contribution >= 4 is 11.8 Å². The van der Waals surface area contributed by atoms with E-state index in [0.717, 1.165) is 56.1 Å². The topological polar surface area (TPSA) is 130 Å². The first-order valence-corrected chi connectivity index (χ1v) is 20.5. The molecule has 10 heteroatoms. The maximum atomic E-state index is 11.7. The maximum absolute atomic E-state index is 11.7. The van der Waals surface area contributed by atoms with Gasteiger partial charge in [-0.15, -0.1) is 0 Å². The SMILES string of the molecule is C=C/C=C\CCC1OC2CCC3(C)OC4C(O)CC5OC(CC/C=C(C)/C(C)=C/C=C\c6ccc([N+](=O)[O-])cc6)C(C)CC5OC4CC3OC2CCC1(C)O. The first-order chi connectivity index (χ1) is 26.3. The smallest absolute Gasteiger partial charge is 0.269 e. The van der Waals surface area contributed by atoms with Crippen LogP contribution >= 0.6 is 0 Å². The molecule has 0 bridgehead atoms. The van der Waals surface area contributed by atoms with Gasteiger partial charge in [0.1, 0.15) is 6.10 Å². The number of nitro groups is 1. The molecule has 2 N–H and O–H groups in total. The Morgan fingerprint density at radius 3 is 2.38 bits per heavy atom.